The molecule has 0 unspecified atom stereocenters. The van der Waals surface area contributed by atoms with Crippen LogP contribution in [0.15, 0.2) is 6.20 Å². The van der Waals surface area contributed by atoms with Gasteiger partial charge in [-0.25, -0.2) is 4.98 Å². The molecular formula is C7H10N2O2. The lowest BCUT2D eigenvalue weighted by atomic mass is 10.5. The van der Waals surface area contributed by atoms with E-state index in [1.165, 1.54) is 0 Å². The number of aromatic nitrogens is 2. The molecule has 0 spiro atoms. The van der Waals surface area contributed by atoms with E-state index in [2.05, 4.69) is 9.97 Å². The third kappa shape index (κ3) is 1.27. The Kier molecular flexibility index (Phi) is 1.63. The zero-order valence-corrected chi connectivity index (χ0v) is 6.33. The van der Waals surface area contributed by atoms with Gasteiger partial charge >= 0.3 is 0 Å². The molecule has 1 aromatic rings. The van der Waals surface area contributed by atoms with Crippen LogP contribution in [0.25, 0.3) is 0 Å². The number of aromatic amines is 1. The van der Waals surface area contributed by atoms with Crippen molar-refractivity contribution in [2.24, 2.45) is 0 Å². The molecule has 0 aromatic carbocycles. The van der Waals surface area contributed by atoms with Crippen LogP contribution in [0.2, 0.25) is 0 Å². The maximum absolute atomic E-state index is 5.26. The highest BCUT2D eigenvalue weighted by molar-refractivity contribution is 5.01. The Morgan fingerprint density at radius 1 is 1.55 bits per heavy atom. The molecule has 60 valence electrons. The van der Waals surface area contributed by atoms with Crippen LogP contribution in [0.5, 0.6) is 0 Å². The van der Waals surface area contributed by atoms with Crippen LogP contribution in [-0.2, 0) is 9.47 Å². The number of hydrogen-bond donors (Lipinski definition) is 1. The highest BCUT2D eigenvalue weighted by atomic mass is 16.7. The Labute approximate surface area is 64.5 Å². The summed E-state index contributed by atoms with van der Waals surface area (Å²) in [5, 5.41) is 0. The number of aryl methyl sites for hydroxylation is 1. The summed E-state index contributed by atoms with van der Waals surface area (Å²) in [4.78, 5) is 7.10. The molecule has 1 aliphatic rings. The highest BCUT2D eigenvalue weighted by Gasteiger charge is 2.19. The lowest BCUT2D eigenvalue weighted by Crippen LogP contribution is -1.97. The molecule has 11 heavy (non-hydrogen) atoms. The Morgan fingerprint density at radius 2 is 2.27 bits per heavy atom. The second kappa shape index (κ2) is 2.64. The number of rotatable bonds is 1. The van der Waals surface area contributed by atoms with E-state index < -0.39 is 0 Å². The maximum atomic E-state index is 5.26. The number of H-pyrrole nitrogens is 1. The van der Waals surface area contributed by atoms with Crippen LogP contribution < -0.4 is 0 Å². The molecule has 1 saturated heterocycles. The summed E-state index contributed by atoms with van der Waals surface area (Å²) in [6.07, 6.45) is 1.52. The lowest BCUT2D eigenvalue weighted by molar-refractivity contribution is -0.0470. The van der Waals surface area contributed by atoms with Crippen molar-refractivity contribution in [2.75, 3.05) is 13.2 Å². The second-order valence-corrected chi connectivity index (χ2v) is 2.50. The largest absolute Gasteiger partial charge is 0.345 e. The number of imidazole rings is 1. The molecule has 1 aromatic heterocycles. The summed E-state index contributed by atoms with van der Waals surface area (Å²) in [5.74, 6) is 0.888. The lowest BCUT2D eigenvalue weighted by Gasteiger charge is -2.04. The van der Waals surface area contributed by atoms with Crippen LogP contribution in [0, 0.1) is 6.92 Å². The number of ether oxygens (including phenoxy) is 2. The van der Waals surface area contributed by atoms with Crippen molar-refractivity contribution in [1.82, 2.24) is 9.97 Å². The monoisotopic (exact) mass is 154 g/mol. The van der Waals surface area contributed by atoms with Crippen LogP contribution in [0.4, 0.5) is 0 Å². The van der Waals surface area contributed by atoms with Gasteiger partial charge in [-0.2, -0.15) is 0 Å². The Bertz CT molecular complexity index is 240. The average molecular weight is 154 g/mol. The fourth-order valence-electron chi connectivity index (χ4n) is 1.10. The zero-order valence-electron chi connectivity index (χ0n) is 6.33. The molecule has 0 atom stereocenters. The summed E-state index contributed by atoms with van der Waals surface area (Å²) in [5.41, 5.74) is 0.903. The summed E-state index contributed by atoms with van der Waals surface area (Å²) in [6.45, 7) is 3.24. The van der Waals surface area contributed by atoms with Gasteiger partial charge in [-0.3, -0.25) is 0 Å². The molecule has 1 aliphatic heterocycles. The minimum atomic E-state index is -0.226. The van der Waals surface area contributed by atoms with Gasteiger partial charge < -0.3 is 14.5 Å². The predicted octanol–water partition coefficient (Wildman–Crippen LogP) is 0.764. The molecule has 0 aliphatic carbocycles. The quantitative estimate of drug-likeness (QED) is 0.649. The van der Waals surface area contributed by atoms with Gasteiger partial charge in [0.25, 0.3) is 0 Å². The number of nitrogens with zero attached hydrogens (tertiary/aromatic N) is 1. The highest BCUT2D eigenvalue weighted by Crippen LogP contribution is 2.20. The van der Waals surface area contributed by atoms with Gasteiger partial charge in [0, 0.05) is 0 Å². The second-order valence-electron chi connectivity index (χ2n) is 2.50. The van der Waals surface area contributed by atoms with Crippen molar-refractivity contribution < 1.29 is 9.47 Å². The van der Waals surface area contributed by atoms with E-state index in [1.807, 2.05) is 6.92 Å². The first-order chi connectivity index (χ1) is 5.36. The molecule has 4 nitrogen and oxygen atoms in total. The molecule has 0 radical (unpaired) electrons. The summed E-state index contributed by atoms with van der Waals surface area (Å²) in [7, 11) is 0. The maximum Gasteiger partial charge on any atom is 0.200 e. The number of nitrogens with one attached hydrogen (secondary N) is 1. The van der Waals surface area contributed by atoms with Gasteiger partial charge in [0.15, 0.2) is 0 Å². The SMILES string of the molecule is Cc1ncc(C2OCCO2)[nH]1. The first-order valence-electron chi connectivity index (χ1n) is 3.61. The van der Waals surface area contributed by atoms with E-state index in [4.69, 9.17) is 9.47 Å². The fourth-order valence-corrected chi connectivity index (χ4v) is 1.10. The van der Waals surface area contributed by atoms with Gasteiger partial charge in [0.05, 0.1) is 25.1 Å². The molecule has 1 fully saturated rings. The molecule has 4 heteroatoms. The van der Waals surface area contributed by atoms with Gasteiger partial charge in [-0.05, 0) is 6.92 Å². The smallest absolute Gasteiger partial charge is 0.200 e. The van der Waals surface area contributed by atoms with Crippen molar-refractivity contribution >= 4 is 0 Å². The first kappa shape index (κ1) is 6.82. The molecule has 0 amide bonds. The van der Waals surface area contributed by atoms with Crippen molar-refractivity contribution in [1.29, 1.82) is 0 Å². The molecular weight excluding hydrogens is 144 g/mol. The molecule has 0 bridgehead atoms. The fraction of sp³-hybridized carbons (Fsp3) is 0.571. The van der Waals surface area contributed by atoms with Crippen molar-refractivity contribution in [3.63, 3.8) is 0 Å². The third-order valence-electron chi connectivity index (χ3n) is 1.60. The minimum Gasteiger partial charge on any atom is -0.345 e. The summed E-state index contributed by atoms with van der Waals surface area (Å²) >= 11 is 0. The van der Waals surface area contributed by atoms with E-state index in [9.17, 15) is 0 Å². The Balaban J connectivity index is 2.15. The average Bonchev–Trinajstić information content (AvgIpc) is 2.55. The Morgan fingerprint density at radius 3 is 2.82 bits per heavy atom. The molecule has 1 N–H and O–H groups in total. The van der Waals surface area contributed by atoms with Crippen molar-refractivity contribution in [3.05, 3.63) is 17.7 Å². The molecule has 2 rings (SSSR count). The Hall–Kier alpha value is -0.870. The first-order valence-corrected chi connectivity index (χ1v) is 3.61. The minimum absolute atomic E-state index is 0.226. The van der Waals surface area contributed by atoms with Gasteiger partial charge in [-0.15, -0.1) is 0 Å². The van der Waals surface area contributed by atoms with E-state index in [-0.39, 0.29) is 6.29 Å². The van der Waals surface area contributed by atoms with Crippen LogP contribution in [0.3, 0.4) is 0 Å². The third-order valence-corrected chi connectivity index (χ3v) is 1.60. The van der Waals surface area contributed by atoms with Crippen LogP contribution >= 0.6 is 0 Å². The van der Waals surface area contributed by atoms with Gasteiger partial charge in [0.2, 0.25) is 6.29 Å². The summed E-state index contributed by atoms with van der Waals surface area (Å²) < 4.78 is 10.5. The van der Waals surface area contributed by atoms with Crippen LogP contribution in [0.1, 0.15) is 17.8 Å². The summed E-state index contributed by atoms with van der Waals surface area (Å²) in [6, 6.07) is 0. The van der Waals surface area contributed by atoms with Gasteiger partial charge in [-0.1, -0.05) is 0 Å². The normalized spacial score (nSPS) is 19.4. The topological polar surface area (TPSA) is 47.1 Å². The van der Waals surface area contributed by atoms with E-state index >= 15 is 0 Å². The van der Waals surface area contributed by atoms with Crippen LogP contribution in [-0.4, -0.2) is 23.2 Å². The molecule has 2 heterocycles. The predicted molar refractivity (Wildman–Crippen MR) is 38.0 cm³/mol. The van der Waals surface area contributed by atoms with E-state index in [1.54, 1.807) is 6.20 Å². The van der Waals surface area contributed by atoms with Crippen molar-refractivity contribution in [2.45, 2.75) is 13.2 Å². The number of hydrogen-bond acceptors (Lipinski definition) is 3. The van der Waals surface area contributed by atoms with Crippen molar-refractivity contribution in [3.8, 4) is 0 Å². The van der Waals surface area contributed by atoms with Gasteiger partial charge in [0.1, 0.15) is 5.82 Å². The standard InChI is InChI=1S/C7H10N2O2/c1-5-8-4-6(9-5)7-10-2-3-11-7/h4,7H,2-3H2,1H3,(H,8,9). The molecule has 0 saturated carbocycles. The van der Waals surface area contributed by atoms with E-state index in [0.717, 1.165) is 11.5 Å². The zero-order chi connectivity index (χ0) is 7.68. The van der Waals surface area contributed by atoms with E-state index in [0.29, 0.717) is 13.2 Å².